The zero-order chi connectivity index (χ0) is 11.5. The van der Waals surface area contributed by atoms with E-state index >= 15 is 0 Å². The number of nitriles is 1. The Kier molecular flexibility index (Phi) is 2.56. The van der Waals surface area contributed by atoms with Gasteiger partial charge < -0.3 is 4.74 Å². The van der Waals surface area contributed by atoms with Crippen LogP contribution in [0.4, 0.5) is 0 Å². The van der Waals surface area contributed by atoms with Crippen LogP contribution in [-0.2, 0) is 0 Å². The summed E-state index contributed by atoms with van der Waals surface area (Å²) in [5, 5.41) is 15.6. The van der Waals surface area contributed by atoms with Gasteiger partial charge in [0.15, 0.2) is 0 Å². The maximum atomic E-state index is 8.89. The number of nitrogens with one attached hydrogen (secondary N) is 1. The molecular formula is C11H10N4O. The molecule has 0 aliphatic carbocycles. The molecule has 0 amide bonds. The van der Waals surface area contributed by atoms with Gasteiger partial charge in [-0.05, 0) is 26.0 Å². The number of nitrogens with zero attached hydrogens (tertiary/aromatic N) is 3. The molecule has 2 rings (SSSR count). The van der Waals surface area contributed by atoms with E-state index in [0.717, 1.165) is 11.4 Å². The zero-order valence-corrected chi connectivity index (χ0v) is 8.98. The Bertz CT molecular complexity index is 553. The fourth-order valence-corrected chi connectivity index (χ4v) is 1.24. The van der Waals surface area contributed by atoms with Crippen LogP contribution in [0.25, 0.3) is 0 Å². The van der Waals surface area contributed by atoms with Crippen molar-refractivity contribution in [3.63, 3.8) is 0 Å². The van der Waals surface area contributed by atoms with Gasteiger partial charge in [0.25, 0.3) is 0 Å². The van der Waals surface area contributed by atoms with E-state index in [2.05, 4.69) is 15.2 Å². The van der Waals surface area contributed by atoms with Gasteiger partial charge in [0, 0.05) is 17.5 Å². The molecule has 16 heavy (non-hydrogen) atoms. The number of aromatic nitrogens is 3. The normalized spacial score (nSPS) is 9.81. The van der Waals surface area contributed by atoms with Crippen LogP contribution < -0.4 is 4.74 Å². The van der Waals surface area contributed by atoms with Crippen molar-refractivity contribution in [1.29, 1.82) is 5.26 Å². The lowest BCUT2D eigenvalue weighted by atomic mass is 10.2. The van der Waals surface area contributed by atoms with E-state index in [1.165, 1.54) is 0 Å². The van der Waals surface area contributed by atoms with Gasteiger partial charge in [-0.3, -0.25) is 5.10 Å². The number of aryl methyl sites for hydroxylation is 2. The third-order valence-corrected chi connectivity index (χ3v) is 2.00. The number of hydrogen-bond acceptors (Lipinski definition) is 4. The summed E-state index contributed by atoms with van der Waals surface area (Å²) in [6, 6.07) is 7.21. The van der Waals surface area contributed by atoms with E-state index in [-0.39, 0.29) is 5.88 Å². The van der Waals surface area contributed by atoms with E-state index in [9.17, 15) is 0 Å². The molecule has 2 aromatic heterocycles. The molecule has 80 valence electrons. The summed E-state index contributed by atoms with van der Waals surface area (Å²) in [7, 11) is 0. The van der Waals surface area contributed by atoms with Gasteiger partial charge in [-0.1, -0.05) is 0 Å². The van der Waals surface area contributed by atoms with Gasteiger partial charge in [0.1, 0.15) is 11.6 Å². The van der Waals surface area contributed by atoms with Gasteiger partial charge in [-0.25, -0.2) is 4.98 Å². The minimum atomic E-state index is 0.286. The Morgan fingerprint density at radius 2 is 2.19 bits per heavy atom. The van der Waals surface area contributed by atoms with Crippen molar-refractivity contribution in [1.82, 2.24) is 15.2 Å². The summed E-state index contributed by atoms with van der Waals surface area (Å²) in [5.41, 5.74) is 2.08. The van der Waals surface area contributed by atoms with Crippen LogP contribution in [0.15, 0.2) is 18.2 Å². The predicted octanol–water partition coefficient (Wildman–Crippen LogP) is 2.09. The molecule has 2 heterocycles. The number of aromatic amines is 1. The molecular weight excluding hydrogens is 204 g/mol. The molecule has 0 unspecified atom stereocenters. The summed E-state index contributed by atoms with van der Waals surface area (Å²) >= 11 is 0. The van der Waals surface area contributed by atoms with Crippen LogP contribution >= 0.6 is 0 Å². The lowest BCUT2D eigenvalue weighted by molar-refractivity contribution is 0.441. The quantitative estimate of drug-likeness (QED) is 0.830. The first-order chi connectivity index (χ1) is 7.69. The van der Waals surface area contributed by atoms with Crippen LogP contribution in [0.2, 0.25) is 0 Å². The highest BCUT2D eigenvalue weighted by atomic mass is 16.5. The van der Waals surface area contributed by atoms with Gasteiger partial charge in [0.05, 0.1) is 0 Å². The Morgan fingerprint density at radius 3 is 2.81 bits per heavy atom. The standard InChI is InChI=1S/C11H10N4O/c1-7-3-4-9(6-12)11(13-7)16-10-5-8(2)14-15-10/h3-5H,1-2H3,(H,14,15). The molecule has 1 N–H and O–H groups in total. The van der Waals surface area contributed by atoms with Crippen molar-refractivity contribution in [2.45, 2.75) is 13.8 Å². The number of rotatable bonds is 2. The second-order valence-corrected chi connectivity index (χ2v) is 3.41. The smallest absolute Gasteiger partial charge is 0.240 e. The van der Waals surface area contributed by atoms with E-state index < -0.39 is 0 Å². The van der Waals surface area contributed by atoms with Crippen LogP contribution in [0.5, 0.6) is 11.8 Å². The molecule has 2 aromatic rings. The number of pyridine rings is 1. The molecule has 0 aliphatic rings. The van der Waals surface area contributed by atoms with E-state index in [1.807, 2.05) is 19.9 Å². The maximum Gasteiger partial charge on any atom is 0.240 e. The fourth-order valence-electron chi connectivity index (χ4n) is 1.24. The lowest BCUT2D eigenvalue weighted by Crippen LogP contribution is -1.93. The summed E-state index contributed by atoms with van der Waals surface area (Å²) in [4.78, 5) is 4.15. The molecule has 0 spiro atoms. The Morgan fingerprint density at radius 1 is 1.38 bits per heavy atom. The first-order valence-electron chi connectivity index (χ1n) is 4.76. The molecule has 0 atom stereocenters. The third-order valence-electron chi connectivity index (χ3n) is 2.00. The van der Waals surface area contributed by atoms with Crippen molar-refractivity contribution in [2.75, 3.05) is 0 Å². The molecule has 0 aliphatic heterocycles. The number of H-pyrrole nitrogens is 1. The second kappa shape index (κ2) is 4.03. The first-order valence-corrected chi connectivity index (χ1v) is 4.76. The Balaban J connectivity index is 2.34. The topological polar surface area (TPSA) is 74.6 Å². The molecule has 5 nitrogen and oxygen atoms in total. The van der Waals surface area contributed by atoms with Gasteiger partial charge in [-0.15, -0.1) is 5.10 Å². The molecule has 5 heteroatoms. The van der Waals surface area contributed by atoms with Crippen molar-refractivity contribution in [3.8, 4) is 17.8 Å². The van der Waals surface area contributed by atoms with Crippen LogP contribution in [0.1, 0.15) is 17.0 Å². The van der Waals surface area contributed by atoms with Crippen LogP contribution in [0, 0.1) is 25.2 Å². The van der Waals surface area contributed by atoms with Crippen molar-refractivity contribution in [2.24, 2.45) is 0 Å². The third kappa shape index (κ3) is 2.01. The van der Waals surface area contributed by atoms with Gasteiger partial charge in [-0.2, -0.15) is 5.26 Å². The van der Waals surface area contributed by atoms with E-state index in [4.69, 9.17) is 10.00 Å². The predicted molar refractivity (Wildman–Crippen MR) is 57.1 cm³/mol. The average Bonchev–Trinajstić information content (AvgIpc) is 2.64. The van der Waals surface area contributed by atoms with Crippen LogP contribution in [0.3, 0.4) is 0 Å². The second-order valence-electron chi connectivity index (χ2n) is 3.41. The van der Waals surface area contributed by atoms with E-state index in [0.29, 0.717) is 11.4 Å². The minimum Gasteiger partial charge on any atom is -0.418 e. The largest absolute Gasteiger partial charge is 0.418 e. The van der Waals surface area contributed by atoms with Gasteiger partial charge in [0.2, 0.25) is 11.8 Å². The van der Waals surface area contributed by atoms with Gasteiger partial charge >= 0.3 is 0 Å². The molecule has 0 radical (unpaired) electrons. The number of hydrogen-bond donors (Lipinski definition) is 1. The highest BCUT2D eigenvalue weighted by molar-refractivity contribution is 5.40. The molecule has 0 saturated heterocycles. The SMILES string of the molecule is Cc1ccc(C#N)c(Oc2cc(C)[nH]n2)n1. The molecule has 0 aromatic carbocycles. The zero-order valence-electron chi connectivity index (χ0n) is 8.98. The highest BCUT2D eigenvalue weighted by Crippen LogP contribution is 2.21. The van der Waals surface area contributed by atoms with Crippen molar-refractivity contribution >= 4 is 0 Å². The fraction of sp³-hybridized carbons (Fsp3) is 0.182. The summed E-state index contributed by atoms with van der Waals surface area (Å²) in [5.74, 6) is 0.695. The lowest BCUT2D eigenvalue weighted by Gasteiger charge is -2.03. The highest BCUT2D eigenvalue weighted by Gasteiger charge is 2.08. The monoisotopic (exact) mass is 214 g/mol. The molecule has 0 bridgehead atoms. The number of ether oxygens (including phenoxy) is 1. The summed E-state index contributed by atoms with van der Waals surface area (Å²) in [6.07, 6.45) is 0. The van der Waals surface area contributed by atoms with Crippen molar-refractivity contribution < 1.29 is 4.74 Å². The Hall–Kier alpha value is -2.35. The van der Waals surface area contributed by atoms with E-state index in [1.54, 1.807) is 18.2 Å². The van der Waals surface area contributed by atoms with Crippen LogP contribution in [-0.4, -0.2) is 15.2 Å². The first kappa shape index (κ1) is 10.2. The average molecular weight is 214 g/mol. The Labute approximate surface area is 92.7 Å². The molecule has 0 saturated carbocycles. The summed E-state index contributed by atoms with van der Waals surface area (Å²) < 4.78 is 5.43. The van der Waals surface area contributed by atoms with Crippen molar-refractivity contribution in [3.05, 3.63) is 35.2 Å². The molecule has 0 fully saturated rings. The minimum absolute atomic E-state index is 0.286. The maximum absolute atomic E-state index is 8.89. The summed E-state index contributed by atoms with van der Waals surface area (Å²) in [6.45, 7) is 3.71.